The quantitative estimate of drug-likeness (QED) is 0.873. The van der Waals surface area contributed by atoms with E-state index in [0.29, 0.717) is 5.56 Å². The van der Waals surface area contributed by atoms with Gasteiger partial charge in [0.05, 0.1) is 11.3 Å². The number of pyridine rings is 1. The lowest BCUT2D eigenvalue weighted by molar-refractivity contribution is 0.0652. The van der Waals surface area contributed by atoms with Crippen LogP contribution in [0, 0.1) is 6.92 Å². The Labute approximate surface area is 108 Å². The Morgan fingerprint density at radius 3 is 2.78 bits per heavy atom. The number of carbonyl (C=O) groups excluding carboxylic acids is 1. The van der Waals surface area contributed by atoms with E-state index < -0.39 is 0 Å². The number of aromatic nitrogens is 1. The molecule has 1 amide bonds. The minimum absolute atomic E-state index is 0.0486. The van der Waals surface area contributed by atoms with E-state index >= 15 is 0 Å². The molecular formula is C14H21N3O. The average Bonchev–Trinajstić information content (AvgIpc) is 2.68. The van der Waals surface area contributed by atoms with Gasteiger partial charge >= 0.3 is 0 Å². The standard InChI is InChI=1S/C14H21N3O/c1-10-8-12(15-4)11(9-16-10)13(18)17-7-5-6-14(17,2)3/h8-9H,5-7H2,1-4H3,(H,15,16). The third-order valence-electron chi connectivity index (χ3n) is 3.69. The number of hydrogen-bond donors (Lipinski definition) is 1. The summed E-state index contributed by atoms with van der Waals surface area (Å²) in [6, 6.07) is 1.91. The van der Waals surface area contributed by atoms with Gasteiger partial charge in [0, 0.05) is 31.0 Å². The maximum atomic E-state index is 12.6. The van der Waals surface area contributed by atoms with Crippen LogP contribution in [0.2, 0.25) is 0 Å². The van der Waals surface area contributed by atoms with E-state index in [-0.39, 0.29) is 11.4 Å². The minimum atomic E-state index is -0.0486. The van der Waals surface area contributed by atoms with Crippen LogP contribution in [0.15, 0.2) is 12.3 Å². The fraction of sp³-hybridized carbons (Fsp3) is 0.571. The SMILES string of the molecule is CNc1cc(C)ncc1C(=O)N1CCCC1(C)C. The van der Waals surface area contributed by atoms with Crippen LogP contribution in [-0.4, -0.2) is 34.9 Å². The summed E-state index contributed by atoms with van der Waals surface area (Å²) in [4.78, 5) is 18.8. The molecule has 18 heavy (non-hydrogen) atoms. The van der Waals surface area contributed by atoms with Crippen LogP contribution in [0.3, 0.4) is 0 Å². The lowest BCUT2D eigenvalue weighted by Crippen LogP contribution is -2.42. The number of rotatable bonds is 2. The van der Waals surface area contributed by atoms with Gasteiger partial charge in [-0.1, -0.05) is 0 Å². The maximum absolute atomic E-state index is 12.6. The molecule has 1 saturated heterocycles. The molecule has 1 aliphatic heterocycles. The fourth-order valence-electron chi connectivity index (χ4n) is 2.57. The van der Waals surface area contributed by atoms with Crippen molar-refractivity contribution < 1.29 is 4.79 Å². The van der Waals surface area contributed by atoms with Gasteiger partial charge in [-0.15, -0.1) is 0 Å². The van der Waals surface area contributed by atoms with E-state index in [1.54, 1.807) is 6.20 Å². The molecule has 4 nitrogen and oxygen atoms in total. The van der Waals surface area contributed by atoms with Crippen LogP contribution in [0.5, 0.6) is 0 Å². The van der Waals surface area contributed by atoms with E-state index in [9.17, 15) is 4.79 Å². The molecule has 98 valence electrons. The van der Waals surface area contributed by atoms with Crippen LogP contribution in [0.25, 0.3) is 0 Å². The number of carbonyl (C=O) groups is 1. The lowest BCUT2D eigenvalue weighted by atomic mass is 10.0. The largest absolute Gasteiger partial charge is 0.387 e. The topological polar surface area (TPSA) is 45.2 Å². The van der Waals surface area contributed by atoms with Crippen LogP contribution in [0.4, 0.5) is 5.69 Å². The first kappa shape index (κ1) is 12.9. The van der Waals surface area contributed by atoms with Crippen LogP contribution >= 0.6 is 0 Å². The molecule has 1 aromatic rings. The zero-order valence-electron chi connectivity index (χ0n) is 11.6. The summed E-state index contributed by atoms with van der Waals surface area (Å²) in [5, 5.41) is 3.08. The Morgan fingerprint density at radius 2 is 2.22 bits per heavy atom. The van der Waals surface area contributed by atoms with Crippen LogP contribution < -0.4 is 5.32 Å². The van der Waals surface area contributed by atoms with Gasteiger partial charge in [-0.05, 0) is 39.7 Å². The van der Waals surface area contributed by atoms with Crippen LogP contribution in [0.1, 0.15) is 42.7 Å². The van der Waals surface area contributed by atoms with Gasteiger partial charge < -0.3 is 10.2 Å². The average molecular weight is 247 g/mol. The predicted octanol–water partition coefficient (Wildman–Crippen LogP) is 2.45. The molecule has 0 unspecified atom stereocenters. The molecule has 1 aromatic heterocycles. The van der Waals surface area contributed by atoms with Gasteiger partial charge in [-0.2, -0.15) is 0 Å². The molecule has 1 N–H and O–H groups in total. The first-order valence-electron chi connectivity index (χ1n) is 6.42. The van der Waals surface area contributed by atoms with Crippen molar-refractivity contribution in [3.63, 3.8) is 0 Å². The van der Waals surface area contributed by atoms with Crippen molar-refractivity contribution in [1.82, 2.24) is 9.88 Å². The van der Waals surface area contributed by atoms with Gasteiger partial charge in [-0.25, -0.2) is 0 Å². The van der Waals surface area contributed by atoms with Gasteiger partial charge in [0.1, 0.15) is 0 Å². The molecule has 0 atom stereocenters. The predicted molar refractivity (Wildman–Crippen MR) is 72.9 cm³/mol. The van der Waals surface area contributed by atoms with Crippen molar-refractivity contribution >= 4 is 11.6 Å². The monoisotopic (exact) mass is 247 g/mol. The van der Waals surface area contributed by atoms with Crippen LogP contribution in [-0.2, 0) is 0 Å². The highest BCUT2D eigenvalue weighted by Crippen LogP contribution is 2.31. The molecule has 2 rings (SSSR count). The molecule has 1 fully saturated rings. The normalized spacial score (nSPS) is 17.9. The van der Waals surface area contributed by atoms with Crippen molar-refractivity contribution in [2.45, 2.75) is 39.2 Å². The third-order valence-corrected chi connectivity index (χ3v) is 3.69. The molecule has 1 aliphatic rings. The van der Waals surface area contributed by atoms with E-state index in [1.165, 1.54) is 0 Å². The Bertz CT molecular complexity index is 468. The first-order chi connectivity index (χ1) is 8.45. The number of likely N-dealkylation sites (tertiary alicyclic amines) is 1. The highest BCUT2D eigenvalue weighted by atomic mass is 16.2. The van der Waals surface area contributed by atoms with Gasteiger partial charge in [0.2, 0.25) is 0 Å². The van der Waals surface area contributed by atoms with Crippen molar-refractivity contribution in [1.29, 1.82) is 0 Å². The summed E-state index contributed by atoms with van der Waals surface area (Å²) in [6.45, 7) is 7.01. The molecule has 0 aliphatic carbocycles. The number of hydrogen-bond acceptors (Lipinski definition) is 3. The number of amides is 1. The summed E-state index contributed by atoms with van der Waals surface area (Å²) in [6.07, 6.45) is 3.82. The zero-order valence-corrected chi connectivity index (χ0v) is 11.6. The summed E-state index contributed by atoms with van der Waals surface area (Å²) in [5.41, 5.74) is 2.39. The van der Waals surface area contributed by atoms with E-state index in [0.717, 1.165) is 30.8 Å². The summed E-state index contributed by atoms with van der Waals surface area (Å²) < 4.78 is 0. The fourth-order valence-corrected chi connectivity index (χ4v) is 2.57. The second-order valence-corrected chi connectivity index (χ2v) is 5.49. The highest BCUT2D eigenvalue weighted by molar-refractivity contribution is 5.99. The molecular weight excluding hydrogens is 226 g/mol. The highest BCUT2D eigenvalue weighted by Gasteiger charge is 2.36. The minimum Gasteiger partial charge on any atom is -0.387 e. The van der Waals surface area contributed by atoms with Gasteiger partial charge in [0.25, 0.3) is 5.91 Å². The molecule has 0 aromatic carbocycles. The van der Waals surface area contributed by atoms with Gasteiger partial charge in [-0.3, -0.25) is 9.78 Å². The number of nitrogens with one attached hydrogen (secondary N) is 1. The number of nitrogens with zero attached hydrogens (tertiary/aromatic N) is 2. The molecule has 2 heterocycles. The molecule has 4 heteroatoms. The lowest BCUT2D eigenvalue weighted by Gasteiger charge is -2.32. The third kappa shape index (κ3) is 2.19. The van der Waals surface area contributed by atoms with E-state index in [2.05, 4.69) is 24.1 Å². The Morgan fingerprint density at radius 1 is 1.50 bits per heavy atom. The molecule has 0 spiro atoms. The zero-order chi connectivity index (χ0) is 13.3. The first-order valence-corrected chi connectivity index (χ1v) is 6.42. The van der Waals surface area contributed by atoms with E-state index in [1.807, 2.05) is 24.9 Å². The number of anilines is 1. The molecule has 0 bridgehead atoms. The molecule has 0 saturated carbocycles. The van der Waals surface area contributed by atoms with Crippen molar-refractivity contribution in [2.75, 3.05) is 18.9 Å². The summed E-state index contributed by atoms with van der Waals surface area (Å²) in [5.74, 6) is 0.0781. The Balaban J connectivity index is 2.34. The van der Waals surface area contributed by atoms with Crippen molar-refractivity contribution in [3.8, 4) is 0 Å². The second kappa shape index (κ2) is 4.59. The second-order valence-electron chi connectivity index (χ2n) is 5.49. The van der Waals surface area contributed by atoms with Crippen molar-refractivity contribution in [2.24, 2.45) is 0 Å². The molecule has 0 radical (unpaired) electrons. The number of aryl methyl sites for hydroxylation is 1. The van der Waals surface area contributed by atoms with Gasteiger partial charge in [0.15, 0.2) is 0 Å². The summed E-state index contributed by atoms with van der Waals surface area (Å²) in [7, 11) is 1.83. The Kier molecular flexibility index (Phi) is 3.28. The smallest absolute Gasteiger partial charge is 0.257 e. The van der Waals surface area contributed by atoms with E-state index in [4.69, 9.17) is 0 Å². The van der Waals surface area contributed by atoms with Crippen molar-refractivity contribution in [3.05, 3.63) is 23.5 Å². The summed E-state index contributed by atoms with van der Waals surface area (Å²) >= 11 is 0. The maximum Gasteiger partial charge on any atom is 0.257 e. The Hall–Kier alpha value is -1.58.